The van der Waals surface area contributed by atoms with E-state index in [2.05, 4.69) is 28.2 Å². The maximum atomic E-state index is 12.0. The Kier molecular flexibility index (Phi) is 4.62. The molecule has 1 aliphatic rings. The van der Waals surface area contributed by atoms with Gasteiger partial charge in [-0.2, -0.15) is 11.8 Å². The first-order valence-corrected chi connectivity index (χ1v) is 8.02. The summed E-state index contributed by atoms with van der Waals surface area (Å²) >= 11 is 11.2. The molecular formula is C13H15BrClNOS. The molecule has 1 saturated heterocycles. The van der Waals surface area contributed by atoms with Crippen molar-refractivity contribution < 1.29 is 4.79 Å². The first-order valence-electron chi connectivity index (χ1n) is 5.87. The van der Waals surface area contributed by atoms with Gasteiger partial charge in [-0.15, -0.1) is 0 Å². The van der Waals surface area contributed by atoms with Gasteiger partial charge in [0.2, 0.25) is 0 Å². The van der Waals surface area contributed by atoms with Crippen LogP contribution >= 0.6 is 39.3 Å². The van der Waals surface area contributed by atoms with E-state index in [1.807, 2.05) is 11.8 Å². The predicted molar refractivity (Wildman–Crippen MR) is 81.6 cm³/mol. The van der Waals surface area contributed by atoms with Gasteiger partial charge in [0.05, 0.1) is 0 Å². The van der Waals surface area contributed by atoms with Gasteiger partial charge in [0, 0.05) is 26.4 Å². The van der Waals surface area contributed by atoms with Gasteiger partial charge >= 0.3 is 0 Å². The van der Waals surface area contributed by atoms with Gasteiger partial charge in [0.1, 0.15) is 0 Å². The van der Waals surface area contributed by atoms with E-state index in [9.17, 15) is 4.79 Å². The molecule has 1 aliphatic heterocycles. The average Bonchev–Trinajstić information content (AvgIpc) is 2.72. The molecule has 1 heterocycles. The van der Waals surface area contributed by atoms with Crippen LogP contribution in [-0.2, 0) is 0 Å². The van der Waals surface area contributed by atoms with E-state index < -0.39 is 0 Å². The monoisotopic (exact) mass is 347 g/mol. The molecule has 1 fully saturated rings. The second-order valence-electron chi connectivity index (χ2n) is 4.74. The molecule has 0 aliphatic carbocycles. The molecule has 0 bridgehead atoms. The second kappa shape index (κ2) is 5.85. The lowest BCUT2D eigenvalue weighted by Gasteiger charge is -2.22. The standard InChI is InChI=1S/C13H15BrClNOS/c1-13(3-2-4-18-13)8-16-12(17)9-5-10(14)7-11(15)6-9/h5-7H,2-4,8H2,1H3,(H,16,17). The van der Waals surface area contributed by atoms with Crippen molar-refractivity contribution in [1.29, 1.82) is 0 Å². The highest BCUT2D eigenvalue weighted by Crippen LogP contribution is 2.37. The highest BCUT2D eigenvalue weighted by Gasteiger charge is 2.29. The van der Waals surface area contributed by atoms with Gasteiger partial charge in [-0.1, -0.05) is 27.5 Å². The van der Waals surface area contributed by atoms with Crippen LogP contribution in [0.25, 0.3) is 0 Å². The molecular weight excluding hydrogens is 334 g/mol. The number of hydrogen-bond acceptors (Lipinski definition) is 2. The van der Waals surface area contributed by atoms with Crippen molar-refractivity contribution in [3.63, 3.8) is 0 Å². The summed E-state index contributed by atoms with van der Waals surface area (Å²) in [6.07, 6.45) is 2.40. The minimum Gasteiger partial charge on any atom is -0.351 e. The highest BCUT2D eigenvalue weighted by atomic mass is 79.9. The number of hydrogen-bond donors (Lipinski definition) is 1. The topological polar surface area (TPSA) is 29.1 Å². The molecule has 2 nitrogen and oxygen atoms in total. The maximum Gasteiger partial charge on any atom is 0.251 e. The second-order valence-corrected chi connectivity index (χ2v) is 7.78. The molecule has 18 heavy (non-hydrogen) atoms. The Morgan fingerprint density at radius 1 is 1.56 bits per heavy atom. The summed E-state index contributed by atoms with van der Waals surface area (Å²) in [7, 11) is 0. The molecule has 0 radical (unpaired) electrons. The van der Waals surface area contributed by atoms with E-state index in [-0.39, 0.29) is 10.7 Å². The third kappa shape index (κ3) is 3.65. The normalized spacial score (nSPS) is 23.1. The number of nitrogens with one attached hydrogen (secondary N) is 1. The predicted octanol–water partition coefficient (Wildman–Crippen LogP) is 4.12. The Morgan fingerprint density at radius 3 is 2.94 bits per heavy atom. The van der Waals surface area contributed by atoms with Crippen molar-refractivity contribution in [1.82, 2.24) is 5.32 Å². The molecule has 98 valence electrons. The Balaban J connectivity index is 1.99. The zero-order valence-electron chi connectivity index (χ0n) is 10.1. The molecule has 1 aromatic rings. The van der Waals surface area contributed by atoms with E-state index in [1.165, 1.54) is 12.2 Å². The number of amides is 1. The molecule has 2 rings (SSSR count). The Labute approximate surface area is 125 Å². The number of thioether (sulfide) groups is 1. The zero-order valence-corrected chi connectivity index (χ0v) is 13.3. The van der Waals surface area contributed by atoms with E-state index >= 15 is 0 Å². The van der Waals surface area contributed by atoms with E-state index in [4.69, 9.17) is 11.6 Å². The van der Waals surface area contributed by atoms with Crippen LogP contribution in [0.15, 0.2) is 22.7 Å². The van der Waals surface area contributed by atoms with Crippen LogP contribution in [0, 0.1) is 0 Å². The van der Waals surface area contributed by atoms with Crippen molar-refractivity contribution in [2.45, 2.75) is 24.5 Å². The number of rotatable bonds is 3. The third-order valence-electron chi connectivity index (χ3n) is 3.05. The van der Waals surface area contributed by atoms with E-state index in [0.717, 1.165) is 10.9 Å². The lowest BCUT2D eigenvalue weighted by molar-refractivity contribution is 0.0950. The minimum absolute atomic E-state index is 0.0630. The molecule has 0 saturated carbocycles. The van der Waals surface area contributed by atoms with Gasteiger partial charge in [0.15, 0.2) is 0 Å². The first kappa shape index (κ1) is 14.2. The van der Waals surface area contributed by atoms with E-state index in [0.29, 0.717) is 17.1 Å². The van der Waals surface area contributed by atoms with Gasteiger partial charge in [-0.05, 0) is 43.7 Å². The van der Waals surface area contributed by atoms with Gasteiger partial charge < -0.3 is 5.32 Å². The molecule has 0 aromatic heterocycles. The molecule has 1 atom stereocenters. The van der Waals surface area contributed by atoms with Crippen molar-refractivity contribution in [2.75, 3.05) is 12.3 Å². The average molecular weight is 349 g/mol. The summed E-state index contributed by atoms with van der Waals surface area (Å²) in [6, 6.07) is 5.24. The lowest BCUT2D eigenvalue weighted by atomic mass is 10.1. The Bertz CT molecular complexity index is 440. The van der Waals surface area contributed by atoms with Crippen molar-refractivity contribution in [3.05, 3.63) is 33.3 Å². The van der Waals surface area contributed by atoms with Crippen molar-refractivity contribution >= 4 is 45.2 Å². The molecule has 1 unspecified atom stereocenters. The fourth-order valence-electron chi connectivity index (χ4n) is 2.03. The van der Waals surface area contributed by atoms with Gasteiger partial charge in [-0.3, -0.25) is 4.79 Å². The van der Waals surface area contributed by atoms with E-state index in [1.54, 1.807) is 18.2 Å². The lowest BCUT2D eigenvalue weighted by Crippen LogP contribution is -2.36. The molecule has 0 spiro atoms. The molecule has 1 amide bonds. The van der Waals surface area contributed by atoms with Crippen LogP contribution in [0.1, 0.15) is 30.1 Å². The van der Waals surface area contributed by atoms with Crippen molar-refractivity contribution in [3.8, 4) is 0 Å². The summed E-state index contributed by atoms with van der Waals surface area (Å²) in [5, 5.41) is 3.56. The van der Waals surface area contributed by atoms with Crippen LogP contribution in [0.3, 0.4) is 0 Å². The van der Waals surface area contributed by atoms with Gasteiger partial charge in [-0.25, -0.2) is 0 Å². The number of carbonyl (C=O) groups is 1. The summed E-state index contributed by atoms with van der Waals surface area (Å²) in [6.45, 7) is 2.92. The summed E-state index contributed by atoms with van der Waals surface area (Å²) in [5.74, 6) is 1.13. The summed E-state index contributed by atoms with van der Waals surface area (Å²) < 4.78 is 1.01. The smallest absolute Gasteiger partial charge is 0.251 e. The SMILES string of the molecule is CC1(CNC(=O)c2cc(Cl)cc(Br)c2)CCCS1. The zero-order chi connectivity index (χ0) is 13.2. The Morgan fingerprint density at radius 2 is 2.33 bits per heavy atom. The Hall–Kier alpha value is -0.190. The van der Waals surface area contributed by atoms with Crippen LogP contribution in [0.4, 0.5) is 0 Å². The van der Waals surface area contributed by atoms with Crippen LogP contribution < -0.4 is 5.32 Å². The van der Waals surface area contributed by atoms with Crippen molar-refractivity contribution in [2.24, 2.45) is 0 Å². The summed E-state index contributed by atoms with van der Waals surface area (Å²) in [5.41, 5.74) is 0.598. The van der Waals surface area contributed by atoms with Gasteiger partial charge in [0.25, 0.3) is 5.91 Å². The highest BCUT2D eigenvalue weighted by molar-refractivity contribution is 9.10. The maximum absolute atomic E-state index is 12.0. The minimum atomic E-state index is -0.0630. The first-order chi connectivity index (χ1) is 8.48. The number of benzene rings is 1. The van der Waals surface area contributed by atoms with Crippen LogP contribution in [0.5, 0.6) is 0 Å². The fourth-order valence-corrected chi connectivity index (χ4v) is 4.14. The quantitative estimate of drug-likeness (QED) is 0.890. The van der Waals surface area contributed by atoms with Crippen LogP contribution in [-0.4, -0.2) is 23.0 Å². The molecule has 1 aromatic carbocycles. The third-order valence-corrected chi connectivity index (χ3v) is 5.26. The number of carbonyl (C=O) groups excluding carboxylic acids is 1. The number of halogens is 2. The molecule has 1 N–H and O–H groups in total. The van der Waals surface area contributed by atoms with Crippen LogP contribution in [0.2, 0.25) is 5.02 Å². The largest absolute Gasteiger partial charge is 0.351 e. The summed E-state index contributed by atoms with van der Waals surface area (Å²) in [4.78, 5) is 12.0. The fraction of sp³-hybridized carbons (Fsp3) is 0.462. The molecule has 5 heteroatoms.